The average molecular weight is 385 g/mol. The molecule has 0 aliphatic carbocycles. The van der Waals surface area contributed by atoms with Crippen LogP contribution in [0.2, 0.25) is 0 Å². The summed E-state index contributed by atoms with van der Waals surface area (Å²) < 4.78 is 12.7. The standard InChI is InChI=1S/C20H27N5O3/c1-4-6-7-8-13-28-16-11-9-15(10-12-16)18-17(19(26)27-5-2)14(3)21-20-22-23-24-25(18)20/h9-12,18H,4-8,13H2,1-3H3,(H,21,22,24). The summed E-state index contributed by atoms with van der Waals surface area (Å²) in [5, 5.41) is 14.8. The number of tetrazole rings is 1. The van der Waals surface area contributed by atoms with Gasteiger partial charge in [-0.25, -0.2) is 4.79 Å². The van der Waals surface area contributed by atoms with Gasteiger partial charge < -0.3 is 14.8 Å². The van der Waals surface area contributed by atoms with Gasteiger partial charge in [-0.3, -0.25) is 0 Å². The van der Waals surface area contributed by atoms with E-state index in [2.05, 4.69) is 27.8 Å². The molecule has 1 aliphatic heterocycles. The van der Waals surface area contributed by atoms with Gasteiger partial charge in [0.25, 0.3) is 0 Å². The van der Waals surface area contributed by atoms with Crippen molar-refractivity contribution in [3.05, 3.63) is 41.1 Å². The van der Waals surface area contributed by atoms with Crippen molar-refractivity contribution in [2.75, 3.05) is 18.5 Å². The zero-order valence-electron chi connectivity index (χ0n) is 16.6. The molecule has 2 heterocycles. The first-order valence-corrected chi connectivity index (χ1v) is 9.81. The van der Waals surface area contributed by atoms with Crippen molar-refractivity contribution in [1.82, 2.24) is 20.2 Å². The number of anilines is 1. The molecule has 0 bridgehead atoms. The van der Waals surface area contributed by atoms with E-state index in [1.54, 1.807) is 11.6 Å². The lowest BCUT2D eigenvalue weighted by Crippen LogP contribution is -2.29. The molecule has 150 valence electrons. The molecule has 8 heteroatoms. The Hall–Kier alpha value is -2.90. The number of carbonyl (C=O) groups is 1. The lowest BCUT2D eigenvalue weighted by Gasteiger charge is -2.27. The number of ether oxygens (including phenoxy) is 2. The number of carbonyl (C=O) groups excluding carboxylic acids is 1. The van der Waals surface area contributed by atoms with Crippen LogP contribution in [0, 0.1) is 0 Å². The van der Waals surface area contributed by atoms with Crippen LogP contribution in [0.5, 0.6) is 5.75 Å². The minimum absolute atomic E-state index is 0.301. The largest absolute Gasteiger partial charge is 0.494 e. The summed E-state index contributed by atoms with van der Waals surface area (Å²) in [6.07, 6.45) is 4.67. The molecule has 3 rings (SSSR count). The van der Waals surface area contributed by atoms with E-state index in [0.29, 0.717) is 30.4 Å². The average Bonchev–Trinajstić information content (AvgIpc) is 3.15. The molecule has 0 spiro atoms. The zero-order chi connectivity index (χ0) is 19.9. The van der Waals surface area contributed by atoms with Gasteiger partial charge in [-0.2, -0.15) is 4.68 Å². The minimum atomic E-state index is -0.455. The van der Waals surface area contributed by atoms with E-state index in [1.165, 1.54) is 19.3 Å². The molecule has 0 radical (unpaired) electrons. The van der Waals surface area contributed by atoms with Crippen LogP contribution in [-0.2, 0) is 9.53 Å². The Morgan fingerprint density at radius 2 is 1.96 bits per heavy atom. The first-order valence-electron chi connectivity index (χ1n) is 9.81. The van der Waals surface area contributed by atoms with E-state index in [0.717, 1.165) is 17.7 Å². The van der Waals surface area contributed by atoms with Crippen molar-refractivity contribution < 1.29 is 14.3 Å². The van der Waals surface area contributed by atoms with Gasteiger partial charge in [0.2, 0.25) is 5.95 Å². The van der Waals surface area contributed by atoms with Crippen molar-refractivity contribution in [3.8, 4) is 5.75 Å². The summed E-state index contributed by atoms with van der Waals surface area (Å²) in [5.41, 5.74) is 2.06. The quantitative estimate of drug-likeness (QED) is 0.522. The second kappa shape index (κ2) is 9.34. The fourth-order valence-electron chi connectivity index (χ4n) is 3.26. The summed E-state index contributed by atoms with van der Waals surface area (Å²) >= 11 is 0. The maximum absolute atomic E-state index is 12.6. The highest BCUT2D eigenvalue weighted by Gasteiger charge is 2.34. The van der Waals surface area contributed by atoms with Crippen LogP contribution in [0.1, 0.15) is 58.1 Å². The molecule has 28 heavy (non-hydrogen) atoms. The molecule has 1 unspecified atom stereocenters. The maximum atomic E-state index is 12.6. The number of nitrogens with zero attached hydrogens (tertiary/aromatic N) is 4. The number of hydrogen-bond acceptors (Lipinski definition) is 7. The predicted molar refractivity (Wildman–Crippen MR) is 105 cm³/mol. The number of aromatic nitrogens is 4. The smallest absolute Gasteiger partial charge is 0.338 e. The van der Waals surface area contributed by atoms with E-state index in [9.17, 15) is 4.79 Å². The highest BCUT2D eigenvalue weighted by Crippen LogP contribution is 2.35. The Morgan fingerprint density at radius 3 is 2.68 bits per heavy atom. The lowest BCUT2D eigenvalue weighted by molar-refractivity contribution is -0.139. The number of rotatable bonds is 9. The third-order valence-corrected chi connectivity index (χ3v) is 4.67. The first kappa shape index (κ1) is 19.9. The third-order valence-electron chi connectivity index (χ3n) is 4.67. The van der Waals surface area contributed by atoms with Crippen LogP contribution < -0.4 is 10.1 Å². The lowest BCUT2D eigenvalue weighted by atomic mass is 9.96. The van der Waals surface area contributed by atoms with Gasteiger partial charge in [0.15, 0.2) is 0 Å². The molecule has 8 nitrogen and oxygen atoms in total. The molecule has 1 atom stereocenters. The number of hydrogen-bond donors (Lipinski definition) is 1. The molecule has 1 aromatic carbocycles. The number of benzene rings is 1. The van der Waals surface area contributed by atoms with E-state index in [1.807, 2.05) is 31.2 Å². The maximum Gasteiger partial charge on any atom is 0.338 e. The fraction of sp³-hybridized carbons (Fsp3) is 0.500. The molecular formula is C20H27N5O3. The van der Waals surface area contributed by atoms with E-state index < -0.39 is 6.04 Å². The molecule has 1 aromatic heterocycles. The summed E-state index contributed by atoms with van der Waals surface area (Å²) in [6.45, 7) is 6.81. The van der Waals surface area contributed by atoms with Crippen LogP contribution in [-0.4, -0.2) is 39.4 Å². The summed E-state index contributed by atoms with van der Waals surface area (Å²) in [6, 6.07) is 7.26. The Balaban J connectivity index is 1.80. The second-order valence-electron chi connectivity index (χ2n) is 6.71. The van der Waals surface area contributed by atoms with Crippen molar-refractivity contribution in [2.24, 2.45) is 0 Å². The van der Waals surface area contributed by atoms with Gasteiger partial charge in [-0.15, -0.1) is 0 Å². The normalized spacial score (nSPS) is 15.8. The molecule has 0 amide bonds. The van der Waals surface area contributed by atoms with E-state index in [-0.39, 0.29) is 5.97 Å². The molecule has 0 saturated heterocycles. The number of fused-ring (bicyclic) bond motifs is 1. The number of allylic oxidation sites excluding steroid dienone is 1. The van der Waals surface area contributed by atoms with Gasteiger partial charge in [-0.05, 0) is 48.4 Å². The monoisotopic (exact) mass is 385 g/mol. The number of esters is 1. The van der Waals surface area contributed by atoms with Crippen LogP contribution in [0.3, 0.4) is 0 Å². The van der Waals surface area contributed by atoms with Gasteiger partial charge in [0, 0.05) is 5.70 Å². The summed E-state index contributed by atoms with van der Waals surface area (Å²) in [7, 11) is 0. The van der Waals surface area contributed by atoms with Crippen molar-refractivity contribution in [3.63, 3.8) is 0 Å². The zero-order valence-corrected chi connectivity index (χ0v) is 16.6. The van der Waals surface area contributed by atoms with Crippen molar-refractivity contribution >= 4 is 11.9 Å². The van der Waals surface area contributed by atoms with Crippen molar-refractivity contribution in [2.45, 2.75) is 52.5 Å². The van der Waals surface area contributed by atoms with E-state index >= 15 is 0 Å². The van der Waals surface area contributed by atoms with Crippen LogP contribution in [0.15, 0.2) is 35.5 Å². The van der Waals surface area contributed by atoms with Gasteiger partial charge in [0.1, 0.15) is 11.8 Å². The molecule has 1 N–H and O–H groups in total. The predicted octanol–water partition coefficient (Wildman–Crippen LogP) is 3.48. The van der Waals surface area contributed by atoms with Gasteiger partial charge in [-0.1, -0.05) is 43.4 Å². The Bertz CT molecular complexity index is 829. The molecule has 0 saturated carbocycles. The van der Waals surface area contributed by atoms with Crippen LogP contribution in [0.25, 0.3) is 0 Å². The Labute approximate surface area is 164 Å². The molecular weight excluding hydrogens is 358 g/mol. The fourth-order valence-corrected chi connectivity index (χ4v) is 3.26. The van der Waals surface area contributed by atoms with Gasteiger partial charge >= 0.3 is 5.97 Å². The Kier molecular flexibility index (Phi) is 6.62. The Morgan fingerprint density at radius 1 is 1.18 bits per heavy atom. The SMILES string of the molecule is CCCCCCOc1ccc(C2C(C(=O)OCC)=C(C)Nc3nnnn32)cc1. The second-order valence-corrected chi connectivity index (χ2v) is 6.71. The molecule has 1 aliphatic rings. The summed E-state index contributed by atoms with van der Waals surface area (Å²) in [5.74, 6) is 0.922. The summed E-state index contributed by atoms with van der Waals surface area (Å²) in [4.78, 5) is 12.6. The van der Waals surface area contributed by atoms with Crippen molar-refractivity contribution in [1.29, 1.82) is 0 Å². The third kappa shape index (κ3) is 4.32. The first-order chi connectivity index (χ1) is 13.7. The molecule has 2 aromatic rings. The minimum Gasteiger partial charge on any atom is -0.494 e. The van der Waals surface area contributed by atoms with Gasteiger partial charge in [0.05, 0.1) is 18.8 Å². The topological polar surface area (TPSA) is 91.2 Å². The number of nitrogens with one attached hydrogen (secondary N) is 1. The van der Waals surface area contributed by atoms with Crippen LogP contribution in [0.4, 0.5) is 5.95 Å². The molecule has 0 fully saturated rings. The van der Waals surface area contributed by atoms with E-state index in [4.69, 9.17) is 9.47 Å². The highest BCUT2D eigenvalue weighted by molar-refractivity contribution is 5.92. The highest BCUT2D eigenvalue weighted by atomic mass is 16.5. The number of unbranched alkanes of at least 4 members (excludes halogenated alkanes) is 3. The van der Waals surface area contributed by atoms with Crippen LogP contribution >= 0.6 is 0 Å².